The van der Waals surface area contributed by atoms with E-state index in [0.29, 0.717) is 37.6 Å². The lowest BCUT2D eigenvalue weighted by atomic mass is 10.2. The van der Waals surface area contributed by atoms with Gasteiger partial charge in [-0.25, -0.2) is 4.79 Å². The van der Waals surface area contributed by atoms with Crippen molar-refractivity contribution in [2.75, 3.05) is 40.0 Å². The van der Waals surface area contributed by atoms with Crippen LogP contribution >= 0.6 is 0 Å². The van der Waals surface area contributed by atoms with E-state index >= 15 is 0 Å². The van der Waals surface area contributed by atoms with E-state index < -0.39 is 0 Å². The third-order valence-corrected chi connectivity index (χ3v) is 4.26. The van der Waals surface area contributed by atoms with Crippen LogP contribution in [0.1, 0.15) is 15.9 Å². The van der Waals surface area contributed by atoms with Crippen molar-refractivity contribution in [3.8, 4) is 5.75 Å². The summed E-state index contributed by atoms with van der Waals surface area (Å²) in [6.45, 7) is 2.38. The van der Waals surface area contributed by atoms with Crippen LogP contribution in [-0.4, -0.2) is 63.0 Å². The van der Waals surface area contributed by atoms with Gasteiger partial charge in [0.05, 0.1) is 31.6 Å². The normalized spacial score (nSPS) is 14.1. The second-order valence-corrected chi connectivity index (χ2v) is 6.15. The van der Waals surface area contributed by atoms with Gasteiger partial charge in [-0.3, -0.25) is 9.79 Å². The number of rotatable bonds is 6. The summed E-state index contributed by atoms with van der Waals surface area (Å²) in [6, 6.07) is 14.2. The molecule has 1 aliphatic rings. The maximum atomic E-state index is 12.1. The van der Waals surface area contributed by atoms with Crippen LogP contribution in [0.5, 0.6) is 5.75 Å². The zero-order valence-electron chi connectivity index (χ0n) is 15.7. The average molecular weight is 382 g/mol. The number of carbonyl (C=O) groups excluding carboxylic acids is 2. The minimum atomic E-state index is -0.377. The molecule has 3 rings (SSSR count). The van der Waals surface area contributed by atoms with Crippen molar-refractivity contribution >= 4 is 23.8 Å². The van der Waals surface area contributed by atoms with Gasteiger partial charge in [0.25, 0.3) is 5.91 Å². The van der Waals surface area contributed by atoms with E-state index in [1.54, 1.807) is 47.5 Å². The first-order valence-electron chi connectivity index (χ1n) is 8.96. The third kappa shape index (κ3) is 5.40. The number of benzene rings is 2. The van der Waals surface area contributed by atoms with Crippen LogP contribution in [0, 0.1) is 0 Å². The van der Waals surface area contributed by atoms with Crippen molar-refractivity contribution in [1.82, 2.24) is 4.90 Å². The van der Waals surface area contributed by atoms with Gasteiger partial charge in [0, 0.05) is 19.3 Å². The van der Waals surface area contributed by atoms with Crippen LogP contribution in [-0.2, 0) is 14.3 Å². The highest BCUT2D eigenvalue weighted by Gasteiger charge is 2.17. The maximum absolute atomic E-state index is 12.1. The molecular formula is C21H22N2O5. The molecule has 0 N–H and O–H groups in total. The SMILES string of the molecule is COC(=O)c1ccc(N=Cc2ccc(OCC(=O)N3CCOCC3)cc2)cc1. The lowest BCUT2D eigenvalue weighted by Gasteiger charge is -2.26. The van der Waals surface area contributed by atoms with E-state index in [9.17, 15) is 9.59 Å². The van der Waals surface area contributed by atoms with Gasteiger partial charge in [0.15, 0.2) is 6.61 Å². The highest BCUT2D eigenvalue weighted by atomic mass is 16.5. The quantitative estimate of drug-likeness (QED) is 0.567. The molecule has 1 fully saturated rings. The highest BCUT2D eigenvalue weighted by Crippen LogP contribution is 2.15. The van der Waals surface area contributed by atoms with Crippen LogP contribution in [0.4, 0.5) is 5.69 Å². The van der Waals surface area contributed by atoms with E-state index in [2.05, 4.69) is 9.73 Å². The van der Waals surface area contributed by atoms with Gasteiger partial charge >= 0.3 is 5.97 Å². The first-order valence-corrected chi connectivity index (χ1v) is 8.96. The number of hydrogen-bond acceptors (Lipinski definition) is 6. The van der Waals surface area contributed by atoms with Crippen molar-refractivity contribution in [1.29, 1.82) is 0 Å². The second-order valence-electron chi connectivity index (χ2n) is 6.15. The van der Waals surface area contributed by atoms with Crippen LogP contribution < -0.4 is 4.74 Å². The van der Waals surface area contributed by atoms with Crippen LogP contribution in [0.25, 0.3) is 0 Å². The van der Waals surface area contributed by atoms with Crippen LogP contribution in [0.2, 0.25) is 0 Å². The molecule has 1 aliphatic heterocycles. The first kappa shape index (κ1) is 19.6. The molecule has 0 spiro atoms. The van der Waals surface area contributed by atoms with Crippen LogP contribution in [0.15, 0.2) is 53.5 Å². The Morgan fingerprint density at radius 1 is 1.07 bits per heavy atom. The van der Waals surface area contributed by atoms with Crippen LogP contribution in [0.3, 0.4) is 0 Å². The minimum Gasteiger partial charge on any atom is -0.484 e. The van der Waals surface area contributed by atoms with Crippen molar-refractivity contribution in [3.63, 3.8) is 0 Å². The Balaban J connectivity index is 1.51. The van der Waals surface area contributed by atoms with Gasteiger partial charge in [-0.05, 0) is 54.1 Å². The van der Waals surface area contributed by atoms with Gasteiger partial charge in [-0.1, -0.05) is 0 Å². The summed E-state index contributed by atoms with van der Waals surface area (Å²) in [5.74, 6) is 0.212. The molecule has 0 unspecified atom stereocenters. The Labute approximate surface area is 163 Å². The number of nitrogens with zero attached hydrogens (tertiary/aromatic N) is 2. The Morgan fingerprint density at radius 2 is 1.75 bits per heavy atom. The molecule has 0 aromatic heterocycles. The number of ether oxygens (including phenoxy) is 3. The van der Waals surface area contributed by atoms with E-state index in [0.717, 1.165) is 11.3 Å². The second kappa shape index (κ2) is 9.66. The van der Waals surface area contributed by atoms with Crippen molar-refractivity contribution in [2.24, 2.45) is 4.99 Å². The zero-order valence-corrected chi connectivity index (χ0v) is 15.7. The first-order chi connectivity index (χ1) is 13.7. The number of methoxy groups -OCH3 is 1. The summed E-state index contributed by atoms with van der Waals surface area (Å²) in [7, 11) is 1.35. The molecule has 7 nitrogen and oxygen atoms in total. The Kier molecular flexibility index (Phi) is 6.75. The molecule has 0 saturated carbocycles. The summed E-state index contributed by atoms with van der Waals surface area (Å²) < 4.78 is 15.5. The molecule has 2 aromatic rings. The molecule has 7 heteroatoms. The van der Waals surface area contributed by atoms with Gasteiger partial charge in [-0.2, -0.15) is 0 Å². The topological polar surface area (TPSA) is 77.4 Å². The molecule has 0 atom stereocenters. The molecule has 2 aromatic carbocycles. The Bertz CT molecular complexity index is 825. The van der Waals surface area contributed by atoms with E-state index in [1.807, 2.05) is 12.1 Å². The summed E-state index contributed by atoms with van der Waals surface area (Å²) in [6.07, 6.45) is 1.72. The summed E-state index contributed by atoms with van der Waals surface area (Å²) >= 11 is 0. The molecule has 0 aliphatic carbocycles. The Morgan fingerprint density at radius 3 is 2.39 bits per heavy atom. The van der Waals surface area contributed by atoms with Gasteiger partial charge in [-0.15, -0.1) is 0 Å². The number of aliphatic imine (C=N–C) groups is 1. The highest BCUT2D eigenvalue weighted by molar-refractivity contribution is 5.90. The summed E-state index contributed by atoms with van der Waals surface area (Å²) in [5, 5.41) is 0. The monoisotopic (exact) mass is 382 g/mol. The van der Waals surface area contributed by atoms with Crippen molar-refractivity contribution in [3.05, 3.63) is 59.7 Å². The van der Waals surface area contributed by atoms with Gasteiger partial charge in [0.1, 0.15) is 5.75 Å². The van der Waals surface area contributed by atoms with Gasteiger partial charge < -0.3 is 19.1 Å². The molecule has 146 valence electrons. The lowest BCUT2D eigenvalue weighted by molar-refractivity contribution is -0.137. The lowest BCUT2D eigenvalue weighted by Crippen LogP contribution is -2.42. The largest absolute Gasteiger partial charge is 0.484 e. The van der Waals surface area contributed by atoms with Gasteiger partial charge in [0.2, 0.25) is 0 Å². The standard InChI is InChI=1S/C21H22N2O5/c1-26-21(25)17-4-6-18(7-5-17)22-14-16-2-8-19(9-3-16)28-15-20(24)23-10-12-27-13-11-23/h2-9,14H,10-13,15H2,1H3. The predicted octanol–water partition coefficient (Wildman–Crippen LogP) is 2.46. The minimum absolute atomic E-state index is 0.0139. The molecule has 28 heavy (non-hydrogen) atoms. The summed E-state index contributed by atoms with van der Waals surface area (Å²) in [4.78, 5) is 29.6. The fraction of sp³-hybridized carbons (Fsp3) is 0.286. The molecule has 1 amide bonds. The van der Waals surface area contributed by atoms with Crippen molar-refractivity contribution < 1.29 is 23.8 Å². The molecule has 0 bridgehead atoms. The number of carbonyl (C=O) groups is 2. The number of hydrogen-bond donors (Lipinski definition) is 0. The zero-order chi connectivity index (χ0) is 19.8. The maximum Gasteiger partial charge on any atom is 0.337 e. The molecule has 1 heterocycles. The molecule has 1 saturated heterocycles. The summed E-state index contributed by atoms with van der Waals surface area (Å²) in [5.41, 5.74) is 2.10. The predicted molar refractivity (Wildman–Crippen MR) is 104 cm³/mol. The fourth-order valence-corrected chi connectivity index (χ4v) is 2.65. The smallest absolute Gasteiger partial charge is 0.337 e. The Hall–Kier alpha value is -3.19. The van der Waals surface area contributed by atoms with E-state index in [4.69, 9.17) is 9.47 Å². The number of morpholine rings is 1. The molecule has 0 radical (unpaired) electrons. The fourth-order valence-electron chi connectivity index (χ4n) is 2.65. The third-order valence-electron chi connectivity index (χ3n) is 4.26. The van der Waals surface area contributed by atoms with Crippen molar-refractivity contribution in [2.45, 2.75) is 0 Å². The molecular weight excluding hydrogens is 360 g/mol. The number of amides is 1. The average Bonchev–Trinajstić information content (AvgIpc) is 2.77. The number of esters is 1. The van der Waals surface area contributed by atoms with E-state index in [1.165, 1.54) is 7.11 Å². The van der Waals surface area contributed by atoms with E-state index in [-0.39, 0.29) is 18.5 Å².